The molecule has 1 aliphatic rings. The van der Waals surface area contributed by atoms with E-state index in [2.05, 4.69) is 0 Å². The van der Waals surface area contributed by atoms with E-state index >= 15 is 0 Å². The van der Waals surface area contributed by atoms with Gasteiger partial charge in [-0.05, 0) is 26.0 Å². The summed E-state index contributed by atoms with van der Waals surface area (Å²) >= 11 is 0. The number of para-hydroxylation sites is 1. The summed E-state index contributed by atoms with van der Waals surface area (Å²) < 4.78 is 28.2. The summed E-state index contributed by atoms with van der Waals surface area (Å²) in [5, 5.41) is 0. The minimum absolute atomic E-state index is 0.0382. The zero-order chi connectivity index (χ0) is 20.0. The molecule has 7 nitrogen and oxygen atoms in total. The maximum absolute atomic E-state index is 12.9. The second-order valence-electron chi connectivity index (χ2n) is 6.96. The van der Waals surface area contributed by atoms with Crippen LogP contribution in [0.2, 0.25) is 0 Å². The third-order valence-electron chi connectivity index (χ3n) is 4.87. The Balaban J connectivity index is 1.97. The van der Waals surface area contributed by atoms with E-state index in [0.717, 1.165) is 5.69 Å². The van der Waals surface area contributed by atoms with E-state index in [4.69, 9.17) is 0 Å². The Kier molecular flexibility index (Phi) is 7.79. The van der Waals surface area contributed by atoms with Crippen LogP contribution >= 0.6 is 0 Å². The van der Waals surface area contributed by atoms with Crippen molar-refractivity contribution in [2.75, 3.05) is 50.7 Å². The van der Waals surface area contributed by atoms with Gasteiger partial charge < -0.3 is 4.90 Å². The lowest BCUT2D eigenvalue weighted by Gasteiger charge is -2.37. The molecule has 1 heterocycles. The first-order chi connectivity index (χ1) is 12.8. The van der Waals surface area contributed by atoms with Gasteiger partial charge in [-0.25, -0.2) is 0 Å². The summed E-state index contributed by atoms with van der Waals surface area (Å²) in [6.07, 6.45) is 0. The molecule has 1 fully saturated rings. The summed E-state index contributed by atoms with van der Waals surface area (Å²) in [5.41, 5.74) is 0.889. The van der Waals surface area contributed by atoms with Gasteiger partial charge in [-0.15, -0.1) is 0 Å². The molecule has 0 bridgehead atoms. The van der Waals surface area contributed by atoms with Crippen molar-refractivity contribution in [3.8, 4) is 0 Å². The largest absolute Gasteiger partial charge is 0.309 e. The van der Waals surface area contributed by atoms with Crippen LogP contribution in [0.15, 0.2) is 30.3 Å². The van der Waals surface area contributed by atoms with Crippen LogP contribution in [0.25, 0.3) is 0 Å². The molecule has 0 saturated carbocycles. The molecule has 1 aromatic rings. The Morgan fingerprint density at radius 3 is 2.07 bits per heavy atom. The first kappa shape index (κ1) is 21.8. The van der Waals surface area contributed by atoms with E-state index in [1.807, 2.05) is 62.9 Å². The highest BCUT2D eigenvalue weighted by atomic mass is 32.2. The molecule has 1 aliphatic heterocycles. The van der Waals surface area contributed by atoms with E-state index in [0.29, 0.717) is 45.8 Å². The quantitative estimate of drug-likeness (QED) is 0.670. The van der Waals surface area contributed by atoms with E-state index in [-0.39, 0.29) is 11.9 Å². The highest BCUT2D eigenvalue weighted by Gasteiger charge is 2.32. The first-order valence-electron chi connectivity index (χ1n) is 9.65. The first-order valence-corrected chi connectivity index (χ1v) is 11.1. The van der Waals surface area contributed by atoms with Crippen LogP contribution in [-0.2, 0) is 15.0 Å². The van der Waals surface area contributed by atoms with Crippen molar-refractivity contribution in [2.24, 2.45) is 0 Å². The molecule has 0 aliphatic carbocycles. The van der Waals surface area contributed by atoms with Crippen LogP contribution in [0.5, 0.6) is 0 Å². The van der Waals surface area contributed by atoms with Crippen LogP contribution in [0.3, 0.4) is 0 Å². The van der Waals surface area contributed by atoms with Crippen molar-refractivity contribution in [2.45, 2.75) is 33.7 Å². The number of benzene rings is 1. The minimum atomic E-state index is -3.40. The Labute approximate surface area is 163 Å². The number of piperazine rings is 1. The third-order valence-corrected chi connectivity index (χ3v) is 7.05. The van der Waals surface area contributed by atoms with Gasteiger partial charge >= 0.3 is 0 Å². The topological polar surface area (TPSA) is 64.2 Å². The van der Waals surface area contributed by atoms with Gasteiger partial charge in [0.15, 0.2) is 0 Å². The molecule has 1 saturated heterocycles. The molecule has 152 valence electrons. The fraction of sp³-hybridized carbons (Fsp3) is 0.632. The molecule has 0 atom stereocenters. The maximum Gasteiger partial charge on any atom is 0.282 e. The molecule has 0 spiro atoms. The molecule has 1 aromatic carbocycles. The maximum atomic E-state index is 12.9. The Hall–Kier alpha value is -1.48. The summed E-state index contributed by atoms with van der Waals surface area (Å²) in [5.74, 6) is 0.0382. The molecule has 0 radical (unpaired) electrons. The van der Waals surface area contributed by atoms with Crippen molar-refractivity contribution >= 4 is 21.8 Å². The predicted molar refractivity (Wildman–Crippen MR) is 109 cm³/mol. The van der Waals surface area contributed by atoms with E-state index < -0.39 is 10.2 Å². The molecule has 8 heteroatoms. The van der Waals surface area contributed by atoms with Crippen molar-refractivity contribution < 1.29 is 13.2 Å². The third kappa shape index (κ3) is 5.28. The lowest BCUT2D eigenvalue weighted by molar-refractivity contribution is -0.120. The van der Waals surface area contributed by atoms with E-state index in [1.165, 1.54) is 8.61 Å². The second-order valence-corrected chi connectivity index (χ2v) is 8.89. The lowest BCUT2D eigenvalue weighted by Crippen LogP contribution is -2.55. The molecule has 0 N–H and O–H groups in total. The average molecular weight is 397 g/mol. The Bertz CT molecular complexity index is 697. The Morgan fingerprint density at radius 1 is 1.04 bits per heavy atom. The number of rotatable bonds is 8. The molecular weight excluding hydrogens is 364 g/mol. The minimum Gasteiger partial charge on any atom is -0.309 e. The van der Waals surface area contributed by atoms with Gasteiger partial charge in [0.1, 0.15) is 0 Å². The van der Waals surface area contributed by atoms with Crippen molar-refractivity contribution in [3.05, 3.63) is 30.3 Å². The summed E-state index contributed by atoms with van der Waals surface area (Å²) in [6, 6.07) is 9.72. The van der Waals surface area contributed by atoms with Crippen LogP contribution in [0.1, 0.15) is 27.7 Å². The summed E-state index contributed by atoms with van der Waals surface area (Å²) in [6.45, 7) is 10.9. The summed E-state index contributed by atoms with van der Waals surface area (Å²) in [4.78, 5) is 16.7. The van der Waals surface area contributed by atoms with Gasteiger partial charge in [-0.1, -0.05) is 32.0 Å². The van der Waals surface area contributed by atoms with Crippen molar-refractivity contribution in [1.29, 1.82) is 0 Å². The smallest absolute Gasteiger partial charge is 0.282 e. The highest BCUT2D eigenvalue weighted by molar-refractivity contribution is 7.86. The number of amides is 1. The Morgan fingerprint density at radius 2 is 1.59 bits per heavy atom. The lowest BCUT2D eigenvalue weighted by atomic mass is 10.2. The van der Waals surface area contributed by atoms with Gasteiger partial charge in [0.05, 0.1) is 6.54 Å². The number of carbonyl (C=O) groups excluding carboxylic acids is 1. The normalized spacial score (nSPS) is 16.8. The van der Waals surface area contributed by atoms with Crippen molar-refractivity contribution in [1.82, 2.24) is 13.5 Å². The monoisotopic (exact) mass is 396 g/mol. The van der Waals surface area contributed by atoms with Crippen LogP contribution in [-0.4, -0.2) is 79.7 Å². The molecule has 0 unspecified atom stereocenters. The fourth-order valence-electron chi connectivity index (χ4n) is 3.42. The standard InChI is InChI=1S/C19H32N4O3S/c1-5-21(6-2)27(25,26)22-14-12-20(13-15-22)16-19(24)23(17(3)4)18-10-8-7-9-11-18/h7-11,17H,5-6,12-16H2,1-4H3. The van der Waals surface area contributed by atoms with Crippen LogP contribution in [0, 0.1) is 0 Å². The molecule has 1 amide bonds. The van der Waals surface area contributed by atoms with Gasteiger partial charge in [0, 0.05) is 51.0 Å². The number of carbonyl (C=O) groups is 1. The van der Waals surface area contributed by atoms with Gasteiger partial charge in [-0.3, -0.25) is 9.69 Å². The molecule has 27 heavy (non-hydrogen) atoms. The number of nitrogens with zero attached hydrogens (tertiary/aromatic N) is 4. The molecular formula is C19H32N4O3S. The van der Waals surface area contributed by atoms with E-state index in [9.17, 15) is 13.2 Å². The predicted octanol–water partition coefficient (Wildman–Crippen LogP) is 1.63. The van der Waals surface area contributed by atoms with Crippen LogP contribution in [0.4, 0.5) is 5.69 Å². The molecule has 2 rings (SSSR count). The fourth-order valence-corrected chi connectivity index (χ4v) is 5.02. The summed E-state index contributed by atoms with van der Waals surface area (Å²) in [7, 11) is -3.40. The zero-order valence-electron chi connectivity index (χ0n) is 16.8. The number of hydrogen-bond acceptors (Lipinski definition) is 4. The number of anilines is 1. The number of hydrogen-bond donors (Lipinski definition) is 0. The SMILES string of the molecule is CCN(CC)S(=O)(=O)N1CCN(CC(=O)N(c2ccccc2)C(C)C)CC1. The zero-order valence-corrected chi connectivity index (χ0v) is 17.7. The average Bonchev–Trinajstić information content (AvgIpc) is 2.63. The van der Waals surface area contributed by atoms with Gasteiger partial charge in [0.25, 0.3) is 10.2 Å². The van der Waals surface area contributed by atoms with Crippen molar-refractivity contribution in [3.63, 3.8) is 0 Å². The van der Waals surface area contributed by atoms with Gasteiger partial charge in [0.2, 0.25) is 5.91 Å². The second kappa shape index (κ2) is 9.64. The van der Waals surface area contributed by atoms with Gasteiger partial charge in [-0.2, -0.15) is 17.0 Å². The van der Waals surface area contributed by atoms with Crippen LogP contribution < -0.4 is 4.90 Å². The van der Waals surface area contributed by atoms with E-state index in [1.54, 1.807) is 4.90 Å². The molecule has 0 aromatic heterocycles. The highest BCUT2D eigenvalue weighted by Crippen LogP contribution is 2.18.